The van der Waals surface area contributed by atoms with Crippen molar-refractivity contribution in [3.8, 4) is 0 Å². The van der Waals surface area contributed by atoms with E-state index in [9.17, 15) is 9.59 Å². The maximum absolute atomic E-state index is 13.7. The number of carbonyl (C=O) groups excluding carboxylic acids is 2. The summed E-state index contributed by atoms with van der Waals surface area (Å²) >= 11 is 15.9. The topological polar surface area (TPSA) is 49.4 Å². The predicted octanol–water partition coefficient (Wildman–Crippen LogP) is 6.46. The van der Waals surface area contributed by atoms with Crippen molar-refractivity contribution in [2.45, 2.75) is 45.3 Å². The first-order valence-corrected chi connectivity index (χ1v) is 12.6. The Kier molecular flexibility index (Phi) is 9.57. The van der Waals surface area contributed by atoms with Crippen LogP contribution >= 0.6 is 39.1 Å². The Labute approximate surface area is 219 Å². The highest BCUT2D eigenvalue weighted by molar-refractivity contribution is 9.10. The molecule has 178 valence electrons. The van der Waals surface area contributed by atoms with Crippen LogP contribution in [-0.4, -0.2) is 28.8 Å². The zero-order valence-electron chi connectivity index (χ0n) is 19.1. The number of rotatable bonds is 9. The van der Waals surface area contributed by atoms with Gasteiger partial charge in [-0.2, -0.15) is 0 Å². The minimum absolute atomic E-state index is 0.0562. The van der Waals surface area contributed by atoms with Gasteiger partial charge in [-0.05, 0) is 54.8 Å². The number of benzene rings is 3. The molecule has 3 aromatic rings. The van der Waals surface area contributed by atoms with Crippen LogP contribution < -0.4 is 5.32 Å². The molecule has 1 atom stereocenters. The normalized spacial score (nSPS) is 11.8. The van der Waals surface area contributed by atoms with Gasteiger partial charge in [-0.25, -0.2) is 0 Å². The van der Waals surface area contributed by atoms with E-state index >= 15 is 0 Å². The van der Waals surface area contributed by atoms with Crippen LogP contribution in [0.25, 0.3) is 0 Å². The van der Waals surface area contributed by atoms with Gasteiger partial charge in [-0.15, -0.1) is 0 Å². The third-order valence-corrected chi connectivity index (χ3v) is 6.38. The summed E-state index contributed by atoms with van der Waals surface area (Å²) in [5.41, 5.74) is 2.56. The van der Waals surface area contributed by atoms with Crippen molar-refractivity contribution in [3.63, 3.8) is 0 Å². The zero-order chi connectivity index (χ0) is 24.7. The minimum atomic E-state index is -0.692. The van der Waals surface area contributed by atoms with Crippen LogP contribution in [0, 0.1) is 0 Å². The average Bonchev–Trinajstić information content (AvgIpc) is 2.78. The Morgan fingerprint density at radius 2 is 1.65 bits per heavy atom. The highest BCUT2D eigenvalue weighted by Crippen LogP contribution is 2.24. The summed E-state index contributed by atoms with van der Waals surface area (Å²) in [5.74, 6) is -0.381. The van der Waals surface area contributed by atoms with Gasteiger partial charge in [-0.3, -0.25) is 9.59 Å². The molecular formula is C27H27BrCl2N2O2. The first-order chi connectivity index (χ1) is 16.2. The van der Waals surface area contributed by atoms with Gasteiger partial charge in [0, 0.05) is 33.5 Å². The van der Waals surface area contributed by atoms with E-state index in [1.54, 1.807) is 23.1 Å². The summed E-state index contributed by atoms with van der Waals surface area (Å²) < 4.78 is 0.907. The van der Waals surface area contributed by atoms with Crippen LogP contribution in [0.2, 0.25) is 10.0 Å². The fourth-order valence-electron chi connectivity index (χ4n) is 3.70. The standard InChI is InChI=1S/C27H27BrCl2N2O2/c1-18(2)31-27(34)25(14-19-7-4-3-5-8-19)32(17-20-9-6-10-22(28)13-20)26(33)15-21-11-12-23(29)16-24(21)30/h3-13,16,18,25H,14-15,17H2,1-2H3,(H,31,34)/t25-/m1/s1. The van der Waals surface area contributed by atoms with Gasteiger partial charge in [-0.1, -0.05) is 87.7 Å². The summed E-state index contributed by atoms with van der Waals surface area (Å²) in [7, 11) is 0. The fourth-order valence-corrected chi connectivity index (χ4v) is 4.62. The molecule has 0 saturated heterocycles. The van der Waals surface area contributed by atoms with Gasteiger partial charge in [0.15, 0.2) is 0 Å². The summed E-state index contributed by atoms with van der Waals surface area (Å²) in [4.78, 5) is 28.7. The van der Waals surface area contributed by atoms with Crippen molar-refractivity contribution in [1.82, 2.24) is 10.2 Å². The summed E-state index contributed by atoms with van der Waals surface area (Å²) in [6.07, 6.45) is 0.456. The molecule has 34 heavy (non-hydrogen) atoms. The van der Waals surface area contributed by atoms with Gasteiger partial charge in [0.05, 0.1) is 6.42 Å². The third-order valence-electron chi connectivity index (χ3n) is 5.30. The maximum Gasteiger partial charge on any atom is 0.243 e. The fraction of sp³-hybridized carbons (Fsp3) is 0.259. The molecule has 1 N–H and O–H groups in total. The van der Waals surface area contributed by atoms with Gasteiger partial charge < -0.3 is 10.2 Å². The molecular weight excluding hydrogens is 535 g/mol. The second kappa shape index (κ2) is 12.4. The van der Waals surface area contributed by atoms with Crippen LogP contribution in [-0.2, 0) is 29.0 Å². The summed E-state index contributed by atoms with van der Waals surface area (Å²) in [6.45, 7) is 4.10. The first-order valence-electron chi connectivity index (χ1n) is 11.0. The van der Waals surface area contributed by atoms with Crippen molar-refractivity contribution >= 4 is 50.9 Å². The van der Waals surface area contributed by atoms with Crippen LogP contribution in [0.5, 0.6) is 0 Å². The van der Waals surface area contributed by atoms with E-state index in [0.29, 0.717) is 22.0 Å². The first kappa shape index (κ1) is 26.3. The monoisotopic (exact) mass is 560 g/mol. The lowest BCUT2D eigenvalue weighted by molar-refractivity contribution is -0.141. The lowest BCUT2D eigenvalue weighted by Gasteiger charge is -2.32. The molecule has 0 unspecified atom stereocenters. The summed E-state index contributed by atoms with van der Waals surface area (Å²) in [5, 5.41) is 3.92. The van der Waals surface area contributed by atoms with Crippen molar-refractivity contribution in [1.29, 1.82) is 0 Å². The molecule has 0 fully saturated rings. The predicted molar refractivity (Wildman–Crippen MR) is 142 cm³/mol. The molecule has 0 aliphatic heterocycles. The largest absolute Gasteiger partial charge is 0.352 e. The Morgan fingerprint density at radius 1 is 0.941 bits per heavy atom. The molecule has 0 saturated carbocycles. The van der Waals surface area contributed by atoms with E-state index in [4.69, 9.17) is 23.2 Å². The summed E-state index contributed by atoms with van der Waals surface area (Å²) in [6, 6.07) is 21.8. The quantitative estimate of drug-likeness (QED) is 0.326. The molecule has 0 bridgehead atoms. The number of halogens is 3. The second-order valence-corrected chi connectivity index (χ2v) is 10.2. The molecule has 0 heterocycles. The van der Waals surface area contributed by atoms with Crippen LogP contribution in [0.1, 0.15) is 30.5 Å². The smallest absolute Gasteiger partial charge is 0.243 e. The number of nitrogens with one attached hydrogen (secondary N) is 1. The average molecular weight is 562 g/mol. The number of amides is 2. The number of hydrogen-bond acceptors (Lipinski definition) is 2. The van der Waals surface area contributed by atoms with Crippen LogP contribution in [0.15, 0.2) is 77.3 Å². The molecule has 0 aliphatic carbocycles. The van der Waals surface area contributed by atoms with Crippen LogP contribution in [0.4, 0.5) is 0 Å². The van der Waals surface area contributed by atoms with Gasteiger partial charge in [0.2, 0.25) is 11.8 Å². The molecule has 2 amide bonds. The molecule has 3 aromatic carbocycles. The van der Waals surface area contributed by atoms with E-state index in [0.717, 1.165) is 15.6 Å². The molecule has 0 spiro atoms. The lowest BCUT2D eigenvalue weighted by atomic mass is 10.0. The van der Waals surface area contributed by atoms with Crippen LogP contribution in [0.3, 0.4) is 0 Å². The van der Waals surface area contributed by atoms with E-state index < -0.39 is 6.04 Å². The number of nitrogens with zero attached hydrogens (tertiary/aromatic N) is 1. The molecule has 0 aromatic heterocycles. The number of hydrogen-bond donors (Lipinski definition) is 1. The highest BCUT2D eigenvalue weighted by Gasteiger charge is 2.31. The van der Waals surface area contributed by atoms with Gasteiger partial charge >= 0.3 is 0 Å². The lowest BCUT2D eigenvalue weighted by Crippen LogP contribution is -2.52. The molecule has 4 nitrogen and oxygen atoms in total. The van der Waals surface area contributed by atoms with E-state index in [1.165, 1.54) is 0 Å². The second-order valence-electron chi connectivity index (χ2n) is 8.43. The maximum atomic E-state index is 13.7. The minimum Gasteiger partial charge on any atom is -0.352 e. The molecule has 3 rings (SSSR count). The SMILES string of the molecule is CC(C)NC(=O)[C@@H](Cc1ccccc1)N(Cc1cccc(Br)c1)C(=O)Cc1ccc(Cl)cc1Cl. The van der Waals surface area contributed by atoms with Crippen molar-refractivity contribution in [3.05, 3.63) is 104 Å². The Balaban J connectivity index is 1.99. The van der Waals surface area contributed by atoms with Gasteiger partial charge in [0.25, 0.3) is 0 Å². The Morgan fingerprint density at radius 3 is 2.29 bits per heavy atom. The Hall–Kier alpha value is -2.34. The Bertz CT molecular complexity index is 1140. The van der Waals surface area contributed by atoms with Crippen molar-refractivity contribution < 1.29 is 9.59 Å². The highest BCUT2D eigenvalue weighted by atomic mass is 79.9. The third kappa shape index (κ3) is 7.59. The molecule has 0 aliphatic rings. The molecule has 0 radical (unpaired) electrons. The van der Waals surface area contributed by atoms with Crippen molar-refractivity contribution in [2.24, 2.45) is 0 Å². The zero-order valence-corrected chi connectivity index (χ0v) is 22.2. The van der Waals surface area contributed by atoms with Gasteiger partial charge in [0.1, 0.15) is 6.04 Å². The van der Waals surface area contributed by atoms with E-state index in [2.05, 4.69) is 21.2 Å². The van der Waals surface area contributed by atoms with E-state index in [1.807, 2.05) is 68.4 Å². The van der Waals surface area contributed by atoms with Crippen molar-refractivity contribution in [2.75, 3.05) is 0 Å². The molecule has 7 heteroatoms. The number of carbonyl (C=O) groups is 2. The van der Waals surface area contributed by atoms with E-state index in [-0.39, 0.29) is 30.8 Å².